The van der Waals surface area contributed by atoms with E-state index in [2.05, 4.69) is 15.6 Å². The molecule has 1 atom stereocenters. The zero-order chi connectivity index (χ0) is 21.0. The lowest BCUT2D eigenvalue weighted by molar-refractivity contribution is -0.136. The van der Waals surface area contributed by atoms with E-state index in [1.165, 1.54) is 5.56 Å². The average Bonchev–Trinajstić information content (AvgIpc) is 2.68. The van der Waals surface area contributed by atoms with Gasteiger partial charge in [-0.05, 0) is 45.6 Å². The molecule has 0 aliphatic heterocycles. The Labute approximate surface area is 170 Å². The minimum atomic E-state index is -0.692. The van der Waals surface area contributed by atoms with Gasteiger partial charge < -0.3 is 15.5 Å². The van der Waals surface area contributed by atoms with Crippen molar-refractivity contribution in [1.29, 1.82) is 0 Å². The van der Waals surface area contributed by atoms with E-state index in [1.54, 1.807) is 6.07 Å². The fourth-order valence-corrected chi connectivity index (χ4v) is 3.25. The van der Waals surface area contributed by atoms with Gasteiger partial charge in [-0.3, -0.25) is 14.6 Å². The maximum atomic E-state index is 12.5. The van der Waals surface area contributed by atoms with Gasteiger partial charge in [0.25, 0.3) is 0 Å². The van der Waals surface area contributed by atoms with Gasteiger partial charge in [0.1, 0.15) is 0 Å². The second kappa shape index (κ2) is 8.84. The molecule has 0 saturated carbocycles. The summed E-state index contributed by atoms with van der Waals surface area (Å²) in [6, 6.07) is 17.4. The average molecular weight is 390 g/mol. The minimum Gasteiger partial charge on any atom is -0.346 e. The highest BCUT2D eigenvalue weighted by Gasteiger charge is 2.19. The monoisotopic (exact) mass is 390 g/mol. The lowest BCUT2D eigenvalue weighted by Gasteiger charge is -2.25. The van der Waals surface area contributed by atoms with E-state index in [-0.39, 0.29) is 6.04 Å². The topological polar surface area (TPSA) is 74.3 Å². The van der Waals surface area contributed by atoms with E-state index in [9.17, 15) is 9.59 Å². The smallest absolute Gasteiger partial charge is 0.313 e. The number of amides is 2. The summed E-state index contributed by atoms with van der Waals surface area (Å²) in [5, 5.41) is 6.27. The van der Waals surface area contributed by atoms with Crippen LogP contribution >= 0.6 is 0 Å². The molecule has 1 heterocycles. The minimum absolute atomic E-state index is 0.0312. The van der Waals surface area contributed by atoms with Crippen LogP contribution in [0, 0.1) is 13.8 Å². The van der Waals surface area contributed by atoms with Crippen LogP contribution in [0.4, 0.5) is 5.69 Å². The van der Waals surface area contributed by atoms with Crippen molar-refractivity contribution >= 4 is 28.4 Å². The lowest BCUT2D eigenvalue weighted by atomic mass is 10.0. The molecule has 0 spiro atoms. The fourth-order valence-electron chi connectivity index (χ4n) is 3.25. The Morgan fingerprint density at radius 2 is 1.69 bits per heavy atom. The summed E-state index contributed by atoms with van der Waals surface area (Å²) in [4.78, 5) is 31.4. The van der Waals surface area contributed by atoms with Crippen LogP contribution in [0.3, 0.4) is 0 Å². The molecule has 0 aliphatic carbocycles. The number of carbonyl (C=O) groups excluding carboxylic acids is 2. The van der Waals surface area contributed by atoms with Crippen LogP contribution in [-0.2, 0) is 9.59 Å². The number of aromatic nitrogens is 1. The van der Waals surface area contributed by atoms with Gasteiger partial charge in [0.2, 0.25) is 0 Å². The van der Waals surface area contributed by atoms with Crippen molar-refractivity contribution in [3.8, 4) is 0 Å². The lowest BCUT2D eigenvalue weighted by Crippen LogP contribution is -2.40. The molecule has 0 bridgehead atoms. The van der Waals surface area contributed by atoms with E-state index >= 15 is 0 Å². The molecule has 2 aromatic carbocycles. The third-order valence-corrected chi connectivity index (χ3v) is 4.84. The second-order valence-electron chi connectivity index (χ2n) is 7.38. The molecule has 0 aliphatic rings. The molecule has 3 rings (SSSR count). The second-order valence-corrected chi connectivity index (χ2v) is 7.38. The molecule has 6 nitrogen and oxygen atoms in total. The van der Waals surface area contributed by atoms with E-state index in [0.29, 0.717) is 12.2 Å². The van der Waals surface area contributed by atoms with Gasteiger partial charge in [-0.15, -0.1) is 0 Å². The van der Waals surface area contributed by atoms with Crippen molar-refractivity contribution < 1.29 is 9.59 Å². The molecule has 2 amide bonds. The molecule has 0 saturated heterocycles. The quantitative estimate of drug-likeness (QED) is 0.656. The van der Waals surface area contributed by atoms with Crippen LogP contribution in [0.25, 0.3) is 10.9 Å². The van der Waals surface area contributed by atoms with Crippen LogP contribution < -0.4 is 10.6 Å². The highest BCUT2D eigenvalue weighted by Crippen LogP contribution is 2.23. The molecular weight excluding hydrogens is 364 g/mol. The Kier molecular flexibility index (Phi) is 6.24. The van der Waals surface area contributed by atoms with Gasteiger partial charge in [0, 0.05) is 17.6 Å². The molecule has 150 valence electrons. The van der Waals surface area contributed by atoms with Crippen LogP contribution in [0.15, 0.2) is 54.6 Å². The van der Waals surface area contributed by atoms with Gasteiger partial charge in [-0.25, -0.2) is 0 Å². The van der Waals surface area contributed by atoms with Crippen molar-refractivity contribution in [2.24, 2.45) is 0 Å². The Hall–Kier alpha value is -3.25. The summed E-state index contributed by atoms with van der Waals surface area (Å²) in [6.07, 6.45) is 0. The number of nitrogens with zero attached hydrogens (tertiary/aromatic N) is 2. The highest BCUT2D eigenvalue weighted by molar-refractivity contribution is 6.40. The number of benzene rings is 2. The van der Waals surface area contributed by atoms with Gasteiger partial charge >= 0.3 is 11.8 Å². The van der Waals surface area contributed by atoms with Gasteiger partial charge in [0.15, 0.2) is 0 Å². The summed E-state index contributed by atoms with van der Waals surface area (Å²) in [5.41, 5.74) is 4.38. The predicted molar refractivity (Wildman–Crippen MR) is 116 cm³/mol. The number of fused-ring (bicyclic) bond motifs is 1. The number of carbonyl (C=O) groups is 2. The van der Waals surface area contributed by atoms with Crippen molar-refractivity contribution in [2.45, 2.75) is 19.9 Å². The summed E-state index contributed by atoms with van der Waals surface area (Å²) < 4.78 is 0. The normalized spacial score (nSPS) is 12.0. The summed E-state index contributed by atoms with van der Waals surface area (Å²) >= 11 is 0. The number of aryl methyl sites for hydroxylation is 2. The number of rotatable bonds is 5. The van der Waals surface area contributed by atoms with Crippen LogP contribution in [0.2, 0.25) is 0 Å². The first-order valence-corrected chi connectivity index (χ1v) is 9.53. The SMILES string of the molecule is Cc1ccc([C@@H](CNC(=O)C(=O)Nc2cc(C)nc3ccccc23)N(C)C)cc1. The number of hydrogen-bond donors (Lipinski definition) is 2. The molecule has 3 aromatic rings. The first-order chi connectivity index (χ1) is 13.8. The maximum absolute atomic E-state index is 12.5. The molecular formula is C23H26N4O2. The molecule has 29 heavy (non-hydrogen) atoms. The fraction of sp³-hybridized carbons (Fsp3) is 0.261. The molecule has 0 fully saturated rings. The van der Waals surface area contributed by atoms with E-state index in [1.807, 2.05) is 81.4 Å². The molecule has 1 aromatic heterocycles. The summed E-state index contributed by atoms with van der Waals surface area (Å²) in [7, 11) is 3.89. The number of pyridine rings is 1. The van der Waals surface area contributed by atoms with Crippen LogP contribution in [0.1, 0.15) is 22.9 Å². The number of anilines is 1. The van der Waals surface area contributed by atoms with Gasteiger partial charge in [-0.1, -0.05) is 48.0 Å². The highest BCUT2D eigenvalue weighted by atomic mass is 16.2. The van der Waals surface area contributed by atoms with Gasteiger partial charge in [-0.2, -0.15) is 0 Å². The zero-order valence-corrected chi connectivity index (χ0v) is 17.2. The third-order valence-electron chi connectivity index (χ3n) is 4.84. The number of nitrogens with one attached hydrogen (secondary N) is 2. The largest absolute Gasteiger partial charge is 0.346 e. The van der Waals surface area contributed by atoms with Crippen LogP contribution in [0.5, 0.6) is 0 Å². The molecule has 6 heteroatoms. The Morgan fingerprint density at radius 1 is 1.00 bits per heavy atom. The number of hydrogen-bond acceptors (Lipinski definition) is 4. The zero-order valence-electron chi connectivity index (χ0n) is 17.2. The van der Waals surface area contributed by atoms with Crippen LogP contribution in [-0.4, -0.2) is 42.3 Å². The maximum Gasteiger partial charge on any atom is 0.313 e. The molecule has 2 N–H and O–H groups in total. The van der Waals surface area contributed by atoms with Gasteiger partial charge in [0.05, 0.1) is 17.2 Å². The Morgan fingerprint density at radius 3 is 2.38 bits per heavy atom. The Balaban J connectivity index is 1.69. The number of para-hydroxylation sites is 1. The standard InChI is InChI=1S/C23H26N4O2/c1-15-9-11-17(12-10-15)21(27(3)4)14-24-22(28)23(29)26-20-13-16(2)25-19-8-6-5-7-18(19)20/h5-13,21H,14H2,1-4H3,(H,24,28)(H,25,26,29)/t21-/m1/s1. The third kappa shape index (κ3) is 4.97. The van der Waals surface area contributed by atoms with E-state index < -0.39 is 11.8 Å². The van der Waals surface area contributed by atoms with Crippen molar-refractivity contribution in [1.82, 2.24) is 15.2 Å². The van der Waals surface area contributed by atoms with Crippen molar-refractivity contribution in [2.75, 3.05) is 26.0 Å². The Bertz CT molecular complexity index is 1030. The van der Waals surface area contributed by atoms with Crippen molar-refractivity contribution in [3.63, 3.8) is 0 Å². The first kappa shape index (κ1) is 20.5. The first-order valence-electron chi connectivity index (χ1n) is 9.53. The number of likely N-dealkylation sites (N-methyl/N-ethyl adjacent to an activating group) is 1. The molecule has 0 unspecified atom stereocenters. The molecule has 0 radical (unpaired) electrons. The summed E-state index contributed by atoms with van der Waals surface area (Å²) in [5.74, 6) is -1.36. The van der Waals surface area contributed by atoms with E-state index in [0.717, 1.165) is 22.2 Å². The van der Waals surface area contributed by atoms with E-state index in [4.69, 9.17) is 0 Å². The summed E-state index contributed by atoms with van der Waals surface area (Å²) in [6.45, 7) is 4.22. The predicted octanol–water partition coefficient (Wildman–Crippen LogP) is 3.21. The van der Waals surface area contributed by atoms with Crippen molar-refractivity contribution in [3.05, 3.63) is 71.4 Å².